The molecule has 1 aromatic carbocycles. The van der Waals surface area contributed by atoms with Crippen LogP contribution in [0, 0.1) is 11.7 Å². The van der Waals surface area contributed by atoms with E-state index in [1.807, 2.05) is 11.8 Å². The zero-order valence-corrected chi connectivity index (χ0v) is 10.8. The summed E-state index contributed by atoms with van der Waals surface area (Å²) in [5, 5.41) is 0. The largest absolute Gasteiger partial charge is 0.326 e. The molecule has 1 saturated heterocycles. The molecule has 0 amide bonds. The number of thioether (sulfide) groups is 1. The van der Waals surface area contributed by atoms with Gasteiger partial charge in [-0.25, -0.2) is 9.18 Å². The van der Waals surface area contributed by atoms with Gasteiger partial charge >= 0.3 is 5.69 Å². The molecular weight excluding hydrogens is 251 g/mol. The third-order valence-electron chi connectivity index (χ3n) is 3.45. The molecule has 1 aliphatic rings. The lowest BCUT2D eigenvalue weighted by Gasteiger charge is -2.21. The highest BCUT2D eigenvalue weighted by Gasteiger charge is 2.17. The van der Waals surface area contributed by atoms with Crippen LogP contribution in [0.4, 0.5) is 4.39 Å². The van der Waals surface area contributed by atoms with Crippen LogP contribution in [-0.4, -0.2) is 21.1 Å². The zero-order valence-electron chi connectivity index (χ0n) is 9.99. The number of rotatable bonds is 2. The first kappa shape index (κ1) is 11.8. The van der Waals surface area contributed by atoms with Gasteiger partial charge in [-0.2, -0.15) is 11.8 Å². The van der Waals surface area contributed by atoms with Crippen molar-refractivity contribution in [1.29, 1.82) is 0 Å². The van der Waals surface area contributed by atoms with Gasteiger partial charge in [0.25, 0.3) is 0 Å². The molecule has 1 atom stereocenters. The van der Waals surface area contributed by atoms with Crippen LogP contribution in [-0.2, 0) is 6.54 Å². The monoisotopic (exact) mass is 266 g/mol. The van der Waals surface area contributed by atoms with E-state index < -0.39 is 0 Å². The van der Waals surface area contributed by atoms with Crippen LogP contribution in [0.5, 0.6) is 0 Å². The predicted octanol–water partition coefficient (Wildman–Crippen LogP) is 2.61. The lowest BCUT2D eigenvalue weighted by atomic mass is 10.1. The van der Waals surface area contributed by atoms with Crippen LogP contribution in [0.15, 0.2) is 23.0 Å². The second-order valence-electron chi connectivity index (χ2n) is 4.76. The van der Waals surface area contributed by atoms with E-state index in [-0.39, 0.29) is 11.5 Å². The molecule has 3 nitrogen and oxygen atoms in total. The highest BCUT2D eigenvalue weighted by Crippen LogP contribution is 2.24. The van der Waals surface area contributed by atoms with Crippen LogP contribution in [0.1, 0.15) is 12.8 Å². The molecule has 3 rings (SSSR count). The quantitative estimate of drug-likeness (QED) is 0.907. The van der Waals surface area contributed by atoms with Crippen molar-refractivity contribution >= 4 is 22.8 Å². The number of nitrogens with zero attached hydrogens (tertiary/aromatic N) is 1. The molecule has 1 N–H and O–H groups in total. The van der Waals surface area contributed by atoms with Gasteiger partial charge in [0.05, 0.1) is 5.52 Å². The number of H-pyrrole nitrogens is 1. The summed E-state index contributed by atoms with van der Waals surface area (Å²) in [6, 6.07) is 4.82. The van der Waals surface area contributed by atoms with E-state index in [0.717, 1.165) is 12.2 Å². The van der Waals surface area contributed by atoms with E-state index in [2.05, 4.69) is 4.98 Å². The Morgan fingerprint density at radius 1 is 1.50 bits per heavy atom. The van der Waals surface area contributed by atoms with E-state index in [1.165, 1.54) is 18.2 Å². The van der Waals surface area contributed by atoms with Crippen molar-refractivity contribution in [3.8, 4) is 0 Å². The van der Waals surface area contributed by atoms with Crippen LogP contribution in [0.3, 0.4) is 0 Å². The van der Waals surface area contributed by atoms with Crippen LogP contribution >= 0.6 is 11.8 Å². The second-order valence-corrected chi connectivity index (χ2v) is 5.91. The van der Waals surface area contributed by atoms with Crippen molar-refractivity contribution in [3.63, 3.8) is 0 Å². The smallest absolute Gasteiger partial charge is 0.303 e. The molecule has 1 aliphatic heterocycles. The van der Waals surface area contributed by atoms with E-state index in [0.29, 0.717) is 23.5 Å². The summed E-state index contributed by atoms with van der Waals surface area (Å²) in [4.78, 5) is 14.5. The molecule has 0 aliphatic carbocycles. The zero-order chi connectivity index (χ0) is 12.5. The molecule has 0 bridgehead atoms. The van der Waals surface area contributed by atoms with Gasteiger partial charge < -0.3 is 4.98 Å². The van der Waals surface area contributed by atoms with Crippen molar-refractivity contribution in [2.45, 2.75) is 19.4 Å². The Kier molecular flexibility index (Phi) is 3.16. The highest BCUT2D eigenvalue weighted by molar-refractivity contribution is 7.99. The standard InChI is InChI=1S/C13H15FN2OS/c14-10-4-1-5-11-12(10)15-13(17)16(11)7-9-3-2-6-18-8-9/h1,4-5,9H,2-3,6-8H2,(H,15,17). The van der Waals surface area contributed by atoms with Crippen molar-refractivity contribution in [3.05, 3.63) is 34.5 Å². The molecule has 1 unspecified atom stereocenters. The summed E-state index contributed by atoms with van der Waals surface area (Å²) in [7, 11) is 0. The summed E-state index contributed by atoms with van der Waals surface area (Å²) >= 11 is 1.94. The Labute approximate surface area is 108 Å². The number of halogens is 1. The van der Waals surface area contributed by atoms with Gasteiger partial charge in [-0.3, -0.25) is 4.57 Å². The Hall–Kier alpha value is -1.23. The van der Waals surface area contributed by atoms with Gasteiger partial charge in [-0.15, -0.1) is 0 Å². The van der Waals surface area contributed by atoms with E-state index >= 15 is 0 Å². The van der Waals surface area contributed by atoms with Gasteiger partial charge in [-0.1, -0.05) is 6.07 Å². The second kappa shape index (κ2) is 4.80. The fourth-order valence-corrected chi connectivity index (χ4v) is 3.68. The summed E-state index contributed by atoms with van der Waals surface area (Å²) in [6.45, 7) is 0.690. The molecule has 2 aromatic rings. The maximum absolute atomic E-state index is 13.6. The summed E-state index contributed by atoms with van der Waals surface area (Å²) in [5.41, 5.74) is 0.798. The number of hydrogen-bond acceptors (Lipinski definition) is 2. The minimum Gasteiger partial charge on any atom is -0.303 e. The fraction of sp³-hybridized carbons (Fsp3) is 0.462. The molecule has 18 heavy (non-hydrogen) atoms. The number of nitrogens with one attached hydrogen (secondary N) is 1. The minimum atomic E-state index is -0.360. The highest BCUT2D eigenvalue weighted by atomic mass is 32.2. The summed E-state index contributed by atoms with van der Waals surface area (Å²) in [5.74, 6) is 2.47. The van der Waals surface area contributed by atoms with Crippen LogP contribution in [0.2, 0.25) is 0 Å². The topological polar surface area (TPSA) is 37.8 Å². The Morgan fingerprint density at radius 2 is 2.39 bits per heavy atom. The van der Waals surface area contributed by atoms with Crippen molar-refractivity contribution in [2.75, 3.05) is 11.5 Å². The van der Waals surface area contributed by atoms with Gasteiger partial charge in [0.1, 0.15) is 11.3 Å². The molecule has 96 valence electrons. The van der Waals surface area contributed by atoms with Gasteiger partial charge in [0.15, 0.2) is 0 Å². The average Bonchev–Trinajstić information content (AvgIpc) is 2.70. The third kappa shape index (κ3) is 2.07. The maximum atomic E-state index is 13.6. The SMILES string of the molecule is O=c1[nH]c2c(F)cccc2n1CC1CCCSC1. The van der Waals surface area contributed by atoms with Gasteiger partial charge in [-0.05, 0) is 42.4 Å². The lowest BCUT2D eigenvalue weighted by molar-refractivity contribution is 0.446. The van der Waals surface area contributed by atoms with E-state index in [4.69, 9.17) is 0 Å². The molecule has 1 aromatic heterocycles. The number of aromatic nitrogens is 2. The molecule has 2 heterocycles. The number of aromatic amines is 1. The summed E-state index contributed by atoms with van der Waals surface area (Å²) in [6.07, 6.45) is 2.36. The summed E-state index contributed by atoms with van der Waals surface area (Å²) < 4.78 is 15.2. The Balaban J connectivity index is 1.98. The maximum Gasteiger partial charge on any atom is 0.326 e. The van der Waals surface area contributed by atoms with Gasteiger partial charge in [0.2, 0.25) is 0 Å². The predicted molar refractivity (Wildman–Crippen MR) is 72.6 cm³/mol. The molecule has 1 fully saturated rings. The average molecular weight is 266 g/mol. The number of fused-ring (bicyclic) bond motifs is 1. The van der Waals surface area contributed by atoms with Crippen molar-refractivity contribution in [1.82, 2.24) is 9.55 Å². The minimum absolute atomic E-state index is 0.203. The third-order valence-corrected chi connectivity index (χ3v) is 4.74. The van der Waals surface area contributed by atoms with Gasteiger partial charge in [0, 0.05) is 6.54 Å². The van der Waals surface area contributed by atoms with Crippen LogP contribution < -0.4 is 5.69 Å². The fourth-order valence-electron chi connectivity index (χ4n) is 2.54. The number of benzene rings is 1. The molecular formula is C13H15FN2OS. The first-order chi connectivity index (χ1) is 8.75. The van der Waals surface area contributed by atoms with Crippen molar-refractivity contribution in [2.24, 2.45) is 5.92 Å². The Bertz CT molecular complexity index is 613. The normalized spacial score (nSPS) is 20.4. The number of imidazole rings is 1. The molecule has 5 heteroatoms. The van der Waals surface area contributed by atoms with E-state index in [1.54, 1.807) is 16.7 Å². The van der Waals surface area contributed by atoms with Crippen molar-refractivity contribution < 1.29 is 4.39 Å². The first-order valence-corrected chi connectivity index (χ1v) is 7.36. The molecule has 0 radical (unpaired) electrons. The van der Waals surface area contributed by atoms with Crippen LogP contribution in [0.25, 0.3) is 11.0 Å². The lowest BCUT2D eigenvalue weighted by Crippen LogP contribution is -2.24. The first-order valence-electron chi connectivity index (χ1n) is 6.20. The number of hydrogen-bond donors (Lipinski definition) is 1. The van der Waals surface area contributed by atoms with E-state index in [9.17, 15) is 9.18 Å². The Morgan fingerprint density at radius 3 is 3.17 bits per heavy atom. The molecule has 0 saturated carbocycles. The molecule has 0 spiro atoms. The number of para-hydroxylation sites is 1.